The monoisotopic (exact) mass is 323 g/mol. The molecule has 6 nitrogen and oxygen atoms in total. The number of benzene rings is 1. The van der Waals surface area contributed by atoms with Crippen LogP contribution in [0, 0.1) is 11.6 Å². The Balaban J connectivity index is 2.50. The summed E-state index contributed by atoms with van der Waals surface area (Å²) in [5.41, 5.74) is -1.24. The number of carbonyl (C=O) groups excluding carboxylic acids is 1. The van der Waals surface area contributed by atoms with E-state index < -0.39 is 63.2 Å². The summed E-state index contributed by atoms with van der Waals surface area (Å²) in [4.78, 5) is 23.3. The summed E-state index contributed by atoms with van der Waals surface area (Å²) >= 11 is 0. The van der Waals surface area contributed by atoms with Crippen LogP contribution < -0.4 is 4.90 Å². The lowest BCUT2D eigenvalue weighted by Gasteiger charge is -2.18. The third-order valence-electron chi connectivity index (χ3n) is 3.05. The topological polar surface area (TPSA) is 91.8 Å². The lowest BCUT2D eigenvalue weighted by molar-refractivity contribution is -0.117. The molecule has 1 unspecified atom stereocenters. The predicted octanol–water partition coefficient (Wildman–Crippen LogP) is 1.07. The van der Waals surface area contributed by atoms with Gasteiger partial charge in [-0.25, -0.2) is 13.6 Å². The predicted molar refractivity (Wildman–Crippen MR) is 64.1 cm³/mol. The first-order valence-electron chi connectivity index (χ1n) is 5.57. The summed E-state index contributed by atoms with van der Waals surface area (Å²) in [6.07, 6.45) is -0.698. The number of hydrogen-bond acceptors (Lipinski definition) is 4. The van der Waals surface area contributed by atoms with Crippen LogP contribution in [-0.4, -0.2) is 37.2 Å². The fraction of sp³-hybridized carbons (Fsp3) is 0.273. The molecule has 1 saturated heterocycles. The summed E-state index contributed by atoms with van der Waals surface area (Å²) in [6, 6.07) is 0.835. The number of amides is 1. The number of halogens is 3. The first kappa shape index (κ1) is 15.3. The minimum atomic E-state index is -5.01. The molecule has 0 aromatic heterocycles. The van der Waals surface area contributed by atoms with Crippen LogP contribution in [0.1, 0.15) is 16.8 Å². The van der Waals surface area contributed by atoms with Crippen molar-refractivity contribution in [3.63, 3.8) is 0 Å². The van der Waals surface area contributed by atoms with Gasteiger partial charge in [0, 0.05) is 19.0 Å². The molecule has 0 aliphatic carbocycles. The number of aromatic carboxylic acids is 1. The quantitative estimate of drug-likeness (QED) is 0.840. The highest BCUT2D eigenvalue weighted by molar-refractivity contribution is 7.87. The van der Waals surface area contributed by atoms with Crippen LogP contribution in [0.2, 0.25) is 0 Å². The SMILES string of the molecule is O=C(O)c1cc(F)c(F)cc1N1CC(S(=O)(=O)F)CC1=O. The number of nitrogens with zero attached hydrogens (tertiary/aromatic N) is 1. The number of hydrogen-bond donors (Lipinski definition) is 1. The molecular formula is C11H8F3NO5S. The summed E-state index contributed by atoms with van der Waals surface area (Å²) < 4.78 is 60.8. The standard InChI is InChI=1S/C11H8F3NO5S/c12-7-2-6(11(17)18)9(3-8(7)13)15-4-5(1-10(15)16)21(14,19)20/h2-3,5H,1,4H2,(H,17,18). The van der Waals surface area contributed by atoms with Crippen LogP contribution in [0.5, 0.6) is 0 Å². The second kappa shape index (κ2) is 5.02. The van der Waals surface area contributed by atoms with Crippen LogP contribution in [0.25, 0.3) is 0 Å². The Morgan fingerprint density at radius 1 is 1.29 bits per heavy atom. The highest BCUT2D eigenvalue weighted by Gasteiger charge is 2.40. The third kappa shape index (κ3) is 2.84. The van der Waals surface area contributed by atoms with Gasteiger partial charge < -0.3 is 10.0 Å². The van der Waals surface area contributed by atoms with Gasteiger partial charge in [0.15, 0.2) is 11.6 Å². The molecule has 0 radical (unpaired) electrons. The zero-order chi connectivity index (χ0) is 15.9. The minimum Gasteiger partial charge on any atom is -0.478 e. The molecule has 1 amide bonds. The molecule has 10 heteroatoms. The maximum absolute atomic E-state index is 13.2. The van der Waals surface area contributed by atoms with Gasteiger partial charge in [0.05, 0.1) is 11.3 Å². The van der Waals surface area contributed by atoms with Crippen LogP contribution in [-0.2, 0) is 15.0 Å². The van der Waals surface area contributed by atoms with Crippen molar-refractivity contribution in [1.29, 1.82) is 0 Å². The van der Waals surface area contributed by atoms with Crippen LogP contribution in [0.3, 0.4) is 0 Å². The molecule has 1 aliphatic rings. The molecule has 1 aliphatic heterocycles. The molecular weight excluding hydrogens is 315 g/mol. The summed E-state index contributed by atoms with van der Waals surface area (Å²) in [6.45, 7) is -0.664. The first-order valence-corrected chi connectivity index (χ1v) is 7.02. The molecule has 1 N–H and O–H groups in total. The molecule has 1 aromatic rings. The van der Waals surface area contributed by atoms with Crippen molar-refractivity contribution >= 4 is 27.8 Å². The second-order valence-electron chi connectivity index (χ2n) is 4.39. The van der Waals surface area contributed by atoms with Crippen molar-refractivity contribution in [2.75, 3.05) is 11.4 Å². The summed E-state index contributed by atoms with van der Waals surface area (Å²) in [5.74, 6) is -5.37. The summed E-state index contributed by atoms with van der Waals surface area (Å²) in [7, 11) is -5.01. The Kier molecular flexibility index (Phi) is 3.66. The molecule has 114 valence electrons. The molecule has 0 spiro atoms. The van der Waals surface area contributed by atoms with E-state index >= 15 is 0 Å². The molecule has 0 bridgehead atoms. The van der Waals surface area contributed by atoms with E-state index in [4.69, 9.17) is 5.11 Å². The van der Waals surface area contributed by atoms with Crippen molar-refractivity contribution in [2.24, 2.45) is 0 Å². The van der Waals surface area contributed by atoms with E-state index in [2.05, 4.69) is 0 Å². The highest BCUT2D eigenvalue weighted by Crippen LogP contribution is 2.30. The minimum absolute atomic E-state index is 0.373. The molecule has 1 aromatic carbocycles. The normalized spacial score (nSPS) is 19.1. The van der Waals surface area contributed by atoms with Crippen molar-refractivity contribution in [3.8, 4) is 0 Å². The lowest BCUT2D eigenvalue weighted by atomic mass is 10.1. The molecule has 1 heterocycles. The van der Waals surface area contributed by atoms with Crippen LogP contribution in [0.4, 0.5) is 18.4 Å². The second-order valence-corrected chi connectivity index (χ2v) is 6.01. The molecule has 1 fully saturated rings. The van der Waals surface area contributed by atoms with Gasteiger partial charge in [-0.05, 0) is 6.07 Å². The number of rotatable bonds is 3. The van der Waals surface area contributed by atoms with Gasteiger partial charge in [-0.3, -0.25) is 4.79 Å². The first-order chi connectivity index (χ1) is 9.61. The van der Waals surface area contributed by atoms with E-state index in [1.807, 2.05) is 0 Å². The van der Waals surface area contributed by atoms with Crippen molar-refractivity contribution in [3.05, 3.63) is 29.3 Å². The van der Waals surface area contributed by atoms with Gasteiger partial charge in [0.2, 0.25) is 5.91 Å². The van der Waals surface area contributed by atoms with Crippen LogP contribution >= 0.6 is 0 Å². The van der Waals surface area contributed by atoms with Gasteiger partial charge in [0.25, 0.3) is 0 Å². The van der Waals surface area contributed by atoms with Gasteiger partial charge in [-0.1, -0.05) is 0 Å². The van der Waals surface area contributed by atoms with E-state index in [0.717, 1.165) is 0 Å². The Morgan fingerprint density at radius 3 is 2.33 bits per heavy atom. The zero-order valence-electron chi connectivity index (χ0n) is 10.2. The van der Waals surface area contributed by atoms with Crippen LogP contribution in [0.15, 0.2) is 12.1 Å². The largest absolute Gasteiger partial charge is 0.478 e. The number of carboxylic acids is 1. The number of carboxylic acid groups (broad SMARTS) is 1. The third-order valence-corrected chi connectivity index (χ3v) is 4.16. The van der Waals surface area contributed by atoms with E-state index in [9.17, 15) is 30.7 Å². The lowest BCUT2D eigenvalue weighted by Crippen LogP contribution is -2.28. The van der Waals surface area contributed by atoms with E-state index in [1.165, 1.54) is 0 Å². The smallest absolute Gasteiger partial charge is 0.337 e. The highest BCUT2D eigenvalue weighted by atomic mass is 32.3. The number of anilines is 1. The van der Waals surface area contributed by atoms with E-state index in [-0.39, 0.29) is 0 Å². The molecule has 0 saturated carbocycles. The van der Waals surface area contributed by atoms with Gasteiger partial charge >= 0.3 is 16.2 Å². The fourth-order valence-electron chi connectivity index (χ4n) is 2.03. The van der Waals surface area contributed by atoms with Crippen molar-refractivity contribution in [1.82, 2.24) is 0 Å². The Labute approximate surface area is 117 Å². The molecule has 2 rings (SSSR count). The van der Waals surface area contributed by atoms with Crippen molar-refractivity contribution in [2.45, 2.75) is 11.7 Å². The average Bonchev–Trinajstić information content (AvgIpc) is 2.74. The van der Waals surface area contributed by atoms with Gasteiger partial charge in [-0.15, -0.1) is 3.89 Å². The number of carbonyl (C=O) groups is 2. The Hall–Kier alpha value is -2.10. The van der Waals surface area contributed by atoms with Crippen molar-refractivity contribution < 1.29 is 35.8 Å². The van der Waals surface area contributed by atoms with Gasteiger partial charge in [-0.2, -0.15) is 8.42 Å². The maximum Gasteiger partial charge on any atom is 0.337 e. The average molecular weight is 323 g/mol. The maximum atomic E-state index is 13.2. The Morgan fingerprint density at radius 2 is 1.86 bits per heavy atom. The summed E-state index contributed by atoms with van der Waals surface area (Å²) in [5, 5.41) is 7.27. The van der Waals surface area contributed by atoms with E-state index in [0.29, 0.717) is 17.0 Å². The fourth-order valence-corrected chi connectivity index (χ4v) is 2.70. The Bertz CT molecular complexity index is 734. The molecule has 21 heavy (non-hydrogen) atoms. The van der Waals surface area contributed by atoms with E-state index in [1.54, 1.807) is 0 Å². The van der Waals surface area contributed by atoms with Gasteiger partial charge in [0.1, 0.15) is 5.25 Å². The zero-order valence-corrected chi connectivity index (χ0v) is 11.0. The molecule has 1 atom stereocenters.